The highest BCUT2D eigenvalue weighted by Gasteiger charge is 2.30. The number of carbonyl (C=O) groups is 2. The second-order valence-corrected chi connectivity index (χ2v) is 9.96. The molecule has 0 saturated heterocycles. The van der Waals surface area contributed by atoms with Crippen molar-refractivity contribution in [1.82, 2.24) is 5.32 Å². The van der Waals surface area contributed by atoms with Crippen molar-refractivity contribution in [2.45, 2.75) is 58.7 Å². The normalized spacial score (nSPS) is 12.3. The van der Waals surface area contributed by atoms with Crippen LogP contribution in [-0.4, -0.2) is 29.7 Å². The predicted molar refractivity (Wildman–Crippen MR) is 138 cm³/mol. The van der Waals surface area contributed by atoms with E-state index >= 15 is 0 Å². The number of thiophene rings is 1. The van der Waals surface area contributed by atoms with E-state index in [-0.39, 0.29) is 24.3 Å². The Kier molecular flexibility index (Phi) is 9.37. The summed E-state index contributed by atoms with van der Waals surface area (Å²) in [5.41, 5.74) is 5.23. The van der Waals surface area contributed by atoms with Gasteiger partial charge in [0.2, 0.25) is 0 Å². The van der Waals surface area contributed by atoms with Crippen LogP contribution in [0.1, 0.15) is 63.5 Å². The molecule has 1 amide bonds. The third kappa shape index (κ3) is 8.08. The largest absolute Gasteiger partial charge is 0.485 e. The zero-order chi connectivity index (χ0) is 27.2. The van der Waals surface area contributed by atoms with Crippen molar-refractivity contribution in [2.24, 2.45) is 0 Å². The van der Waals surface area contributed by atoms with Crippen molar-refractivity contribution < 1.29 is 32.6 Å². The van der Waals surface area contributed by atoms with Crippen LogP contribution in [0.3, 0.4) is 0 Å². The minimum atomic E-state index is -4.35. The maximum absolute atomic E-state index is 13.1. The quantitative estimate of drug-likeness (QED) is 0.272. The average Bonchev–Trinajstić information content (AvgIpc) is 3.31. The summed E-state index contributed by atoms with van der Waals surface area (Å²) < 4.78 is 45.3. The smallest absolute Gasteiger partial charge is 0.389 e. The third-order valence-corrected chi connectivity index (χ3v) is 7.09. The number of carbonyl (C=O) groups excluding carboxylic acids is 1. The topological polar surface area (TPSA) is 75.6 Å². The van der Waals surface area contributed by atoms with Gasteiger partial charge in [0.05, 0.1) is 11.3 Å². The van der Waals surface area contributed by atoms with Gasteiger partial charge in [0, 0.05) is 17.8 Å². The van der Waals surface area contributed by atoms with Crippen LogP contribution in [0, 0.1) is 13.8 Å². The second-order valence-electron chi connectivity index (χ2n) is 8.84. The molecule has 37 heavy (non-hydrogen) atoms. The van der Waals surface area contributed by atoms with Crippen LogP contribution in [0.5, 0.6) is 5.75 Å². The van der Waals surface area contributed by atoms with E-state index in [1.165, 1.54) is 11.6 Å². The molecule has 0 aliphatic heterocycles. The number of aliphatic carboxylic acids is 1. The number of aryl methyl sites for hydroxylation is 3. The molecule has 1 aromatic heterocycles. The molecule has 1 unspecified atom stereocenters. The van der Waals surface area contributed by atoms with Crippen LogP contribution in [0.25, 0.3) is 11.1 Å². The van der Waals surface area contributed by atoms with Crippen LogP contribution in [0.4, 0.5) is 13.2 Å². The summed E-state index contributed by atoms with van der Waals surface area (Å²) in [6.07, 6.45) is -5.87. The summed E-state index contributed by atoms with van der Waals surface area (Å²) in [4.78, 5) is 23.7. The number of amides is 1. The van der Waals surface area contributed by atoms with E-state index in [0.717, 1.165) is 40.0 Å². The van der Waals surface area contributed by atoms with Gasteiger partial charge in [0.25, 0.3) is 5.91 Å². The van der Waals surface area contributed by atoms with Crippen molar-refractivity contribution in [3.8, 4) is 16.9 Å². The molecule has 3 aromatic rings. The van der Waals surface area contributed by atoms with Crippen molar-refractivity contribution >= 4 is 23.2 Å². The standard InChI is InChI=1S/C28H30F3NO4S/c1-4-19-5-7-20(8-6-19)26-17(2)15-21(16-18(26)3)36-22(11-13-28(29,30)31)23-9-10-24(37-23)27(35)32-14-12-25(33)34/h5-10,15-16,22H,4,11-14H2,1-3H3,(H,32,35)(H,33,34). The lowest BCUT2D eigenvalue weighted by molar-refractivity contribution is -0.139. The van der Waals surface area contributed by atoms with E-state index in [2.05, 4.69) is 36.5 Å². The Morgan fingerprint density at radius 3 is 2.27 bits per heavy atom. The monoisotopic (exact) mass is 533 g/mol. The lowest BCUT2D eigenvalue weighted by Crippen LogP contribution is -2.25. The van der Waals surface area contributed by atoms with Crippen molar-refractivity contribution in [1.29, 1.82) is 0 Å². The fourth-order valence-electron chi connectivity index (χ4n) is 4.09. The van der Waals surface area contributed by atoms with Gasteiger partial charge < -0.3 is 15.2 Å². The minimum absolute atomic E-state index is 0.0402. The number of hydrogen-bond acceptors (Lipinski definition) is 4. The predicted octanol–water partition coefficient (Wildman–Crippen LogP) is 7.26. The van der Waals surface area contributed by atoms with Crippen LogP contribution < -0.4 is 10.1 Å². The van der Waals surface area contributed by atoms with E-state index in [9.17, 15) is 22.8 Å². The molecule has 0 fully saturated rings. The van der Waals surface area contributed by atoms with Crippen LogP contribution in [0.15, 0.2) is 48.5 Å². The molecule has 2 aromatic carbocycles. The van der Waals surface area contributed by atoms with Gasteiger partial charge in [-0.2, -0.15) is 13.2 Å². The van der Waals surface area contributed by atoms with Crippen molar-refractivity contribution in [3.05, 3.63) is 75.0 Å². The number of rotatable bonds is 11. The molecular weight excluding hydrogens is 503 g/mol. The number of carboxylic acids is 1. The molecule has 0 aliphatic carbocycles. The Balaban J connectivity index is 1.83. The summed E-state index contributed by atoms with van der Waals surface area (Å²) in [5.74, 6) is -1.06. The molecule has 0 saturated carbocycles. The first kappa shape index (κ1) is 28.2. The summed E-state index contributed by atoms with van der Waals surface area (Å²) >= 11 is 1.04. The van der Waals surface area contributed by atoms with Crippen LogP contribution >= 0.6 is 11.3 Å². The van der Waals surface area contributed by atoms with E-state index in [1.807, 2.05) is 26.0 Å². The maximum Gasteiger partial charge on any atom is 0.389 e. The fraction of sp³-hybridized carbons (Fsp3) is 0.357. The van der Waals surface area contributed by atoms with E-state index in [4.69, 9.17) is 9.84 Å². The van der Waals surface area contributed by atoms with Gasteiger partial charge in [-0.15, -0.1) is 11.3 Å². The molecule has 0 aliphatic rings. The highest BCUT2D eigenvalue weighted by molar-refractivity contribution is 7.14. The van der Waals surface area contributed by atoms with Gasteiger partial charge in [0.1, 0.15) is 11.9 Å². The fourth-order valence-corrected chi connectivity index (χ4v) is 5.08. The SMILES string of the molecule is CCc1ccc(-c2c(C)cc(OC(CCC(F)(F)F)c3ccc(C(=O)NCCC(=O)O)s3)cc2C)cc1. The first-order valence-corrected chi connectivity index (χ1v) is 12.8. The highest BCUT2D eigenvalue weighted by atomic mass is 32.1. The van der Waals surface area contributed by atoms with E-state index in [0.29, 0.717) is 10.6 Å². The van der Waals surface area contributed by atoms with Crippen molar-refractivity contribution in [2.75, 3.05) is 6.54 Å². The molecule has 9 heteroatoms. The minimum Gasteiger partial charge on any atom is -0.485 e. The summed E-state index contributed by atoms with van der Waals surface area (Å²) in [6, 6.07) is 15.0. The zero-order valence-corrected chi connectivity index (χ0v) is 21.8. The first-order chi connectivity index (χ1) is 17.5. The second kappa shape index (κ2) is 12.3. The number of benzene rings is 2. The Bertz CT molecular complexity index is 1210. The number of ether oxygens (including phenoxy) is 1. The van der Waals surface area contributed by atoms with Crippen molar-refractivity contribution in [3.63, 3.8) is 0 Å². The van der Waals surface area contributed by atoms with Crippen LogP contribution in [-0.2, 0) is 11.2 Å². The Morgan fingerprint density at radius 2 is 1.70 bits per heavy atom. The molecule has 1 atom stereocenters. The lowest BCUT2D eigenvalue weighted by Gasteiger charge is -2.21. The molecule has 5 nitrogen and oxygen atoms in total. The van der Waals surface area contributed by atoms with E-state index in [1.54, 1.807) is 6.07 Å². The molecule has 0 spiro atoms. The van der Waals surface area contributed by atoms with Gasteiger partial charge >= 0.3 is 12.1 Å². The Morgan fingerprint density at radius 1 is 1.05 bits per heavy atom. The first-order valence-electron chi connectivity index (χ1n) is 12.0. The summed E-state index contributed by atoms with van der Waals surface area (Å²) in [5, 5.41) is 11.2. The lowest BCUT2D eigenvalue weighted by atomic mass is 9.94. The number of alkyl halides is 3. The Hall–Kier alpha value is -3.33. The van der Waals surface area contributed by atoms with Gasteiger partial charge in [-0.25, -0.2) is 0 Å². The molecule has 2 N–H and O–H groups in total. The molecular formula is C28H30F3NO4S. The Labute approximate surface area is 218 Å². The number of halogens is 3. The molecule has 3 rings (SSSR count). The molecule has 1 heterocycles. The maximum atomic E-state index is 13.1. The average molecular weight is 534 g/mol. The van der Waals surface area contributed by atoms with E-state index < -0.39 is 30.6 Å². The summed E-state index contributed by atoms with van der Waals surface area (Å²) in [7, 11) is 0. The summed E-state index contributed by atoms with van der Waals surface area (Å²) in [6.45, 7) is 5.94. The van der Waals surface area contributed by atoms with Gasteiger partial charge in [-0.1, -0.05) is 31.2 Å². The molecule has 0 radical (unpaired) electrons. The number of nitrogens with one attached hydrogen (secondary N) is 1. The molecule has 0 bridgehead atoms. The third-order valence-electron chi connectivity index (χ3n) is 5.92. The zero-order valence-electron chi connectivity index (χ0n) is 20.9. The van der Waals surface area contributed by atoms with Gasteiger partial charge in [-0.3, -0.25) is 9.59 Å². The molecule has 198 valence electrons. The van der Waals surface area contributed by atoms with Crippen LogP contribution in [0.2, 0.25) is 0 Å². The van der Waals surface area contributed by atoms with Gasteiger partial charge in [-0.05, 0) is 78.8 Å². The highest BCUT2D eigenvalue weighted by Crippen LogP contribution is 2.37. The van der Waals surface area contributed by atoms with Gasteiger partial charge in [0.15, 0.2) is 0 Å². The number of hydrogen-bond donors (Lipinski definition) is 2. The number of carboxylic acid groups (broad SMARTS) is 1.